The average Bonchev–Trinajstić information content (AvgIpc) is 3.24. The molecule has 1 aliphatic rings. The predicted octanol–water partition coefficient (Wildman–Crippen LogP) is 4.68. The van der Waals surface area contributed by atoms with Crippen molar-refractivity contribution >= 4 is 44.2 Å². The average molecular weight is 455 g/mol. The van der Waals surface area contributed by atoms with Gasteiger partial charge < -0.3 is 15.6 Å². The van der Waals surface area contributed by atoms with Crippen LogP contribution in [0.4, 0.5) is 5.69 Å². The van der Waals surface area contributed by atoms with Crippen LogP contribution in [0.15, 0.2) is 47.2 Å². The number of aromatic nitrogens is 2. The van der Waals surface area contributed by atoms with Gasteiger partial charge in [0.25, 0.3) is 5.91 Å². The zero-order valence-corrected chi connectivity index (χ0v) is 17.8. The van der Waals surface area contributed by atoms with Crippen LogP contribution in [-0.4, -0.2) is 33.7 Å². The molecule has 7 heteroatoms. The van der Waals surface area contributed by atoms with Gasteiger partial charge in [0.2, 0.25) is 0 Å². The molecule has 0 atom stereocenters. The Morgan fingerprint density at radius 2 is 1.90 bits per heavy atom. The topological polar surface area (TPSA) is 86.9 Å². The van der Waals surface area contributed by atoms with Gasteiger partial charge in [-0.15, -0.1) is 0 Å². The Hall–Kier alpha value is -2.67. The number of anilines is 1. The molecule has 1 saturated carbocycles. The zero-order valence-electron chi connectivity index (χ0n) is 16.2. The molecule has 1 aromatic carbocycles. The maximum atomic E-state index is 12.2. The largest absolute Gasteiger partial charge is 0.381 e. The molecule has 1 amide bonds. The Labute approximate surface area is 177 Å². The molecule has 1 fully saturated rings. The number of H-pyrrole nitrogens is 1. The number of benzene rings is 1. The number of aromatic amines is 1. The second-order valence-electron chi connectivity index (χ2n) is 7.51. The number of hydrogen-bond acceptors (Lipinski definition) is 4. The second kappa shape index (κ2) is 8.37. The zero-order chi connectivity index (χ0) is 20.4. The minimum absolute atomic E-state index is 0.00577. The van der Waals surface area contributed by atoms with Gasteiger partial charge in [-0.05, 0) is 62.9 Å². The quantitative estimate of drug-likeness (QED) is 0.488. The Balaban J connectivity index is 1.47. The van der Waals surface area contributed by atoms with Crippen LogP contribution >= 0.6 is 15.9 Å². The number of fused-ring (bicyclic) bond motifs is 1. The van der Waals surface area contributed by atoms with Crippen LogP contribution in [-0.2, 0) is 0 Å². The number of nitrogens with zero attached hydrogens (tertiary/aromatic N) is 1. The third-order valence-electron chi connectivity index (χ3n) is 5.46. The predicted molar refractivity (Wildman–Crippen MR) is 117 cm³/mol. The van der Waals surface area contributed by atoms with E-state index in [0.717, 1.165) is 46.7 Å². The van der Waals surface area contributed by atoms with Gasteiger partial charge in [-0.25, -0.2) is 0 Å². The number of carbonyl (C=O) groups is 2. The Morgan fingerprint density at radius 3 is 2.59 bits per heavy atom. The molecule has 2 heterocycles. The maximum Gasteiger partial charge on any atom is 0.267 e. The third-order valence-corrected chi connectivity index (χ3v) is 5.96. The lowest BCUT2D eigenvalue weighted by atomic mass is 9.90. The summed E-state index contributed by atoms with van der Waals surface area (Å²) in [6.45, 7) is 1.57. The van der Waals surface area contributed by atoms with E-state index in [1.807, 2.05) is 24.3 Å². The van der Waals surface area contributed by atoms with Crippen molar-refractivity contribution in [3.63, 3.8) is 0 Å². The van der Waals surface area contributed by atoms with Crippen molar-refractivity contribution in [1.29, 1.82) is 0 Å². The first-order chi connectivity index (χ1) is 14.0. The summed E-state index contributed by atoms with van der Waals surface area (Å²) in [7, 11) is 0. The van der Waals surface area contributed by atoms with Gasteiger partial charge in [0.05, 0.1) is 16.8 Å². The molecule has 6 nitrogen and oxygen atoms in total. The summed E-state index contributed by atoms with van der Waals surface area (Å²) in [6.07, 6.45) is 7.04. The van der Waals surface area contributed by atoms with Gasteiger partial charge in [0.15, 0.2) is 5.78 Å². The van der Waals surface area contributed by atoms with E-state index in [9.17, 15) is 9.59 Å². The highest BCUT2D eigenvalue weighted by Crippen LogP contribution is 2.32. The molecule has 3 N–H and O–H groups in total. The van der Waals surface area contributed by atoms with Gasteiger partial charge >= 0.3 is 0 Å². The fourth-order valence-electron chi connectivity index (χ4n) is 3.91. The molecule has 4 rings (SSSR count). The van der Waals surface area contributed by atoms with Crippen LogP contribution in [0.25, 0.3) is 10.9 Å². The molecular formula is C22H23BrN4O2. The Morgan fingerprint density at radius 1 is 1.14 bits per heavy atom. The lowest BCUT2D eigenvalue weighted by molar-refractivity contribution is 0.0921. The molecule has 0 saturated heterocycles. The summed E-state index contributed by atoms with van der Waals surface area (Å²) in [5, 5.41) is 7.65. The fourth-order valence-corrected chi connectivity index (χ4v) is 4.27. The van der Waals surface area contributed by atoms with Gasteiger partial charge in [0.1, 0.15) is 5.69 Å². The summed E-state index contributed by atoms with van der Waals surface area (Å²) in [4.78, 5) is 31.8. The molecule has 29 heavy (non-hydrogen) atoms. The third kappa shape index (κ3) is 4.34. The van der Waals surface area contributed by atoms with E-state index in [4.69, 9.17) is 0 Å². The van der Waals surface area contributed by atoms with E-state index < -0.39 is 0 Å². The maximum absolute atomic E-state index is 12.2. The number of Topliss-reactive ketones (excluding diaryl/α,β-unsaturated/α-hetero) is 1. The molecule has 2 aromatic heterocycles. The molecule has 0 radical (unpaired) electrons. The van der Waals surface area contributed by atoms with Crippen LogP contribution in [0.3, 0.4) is 0 Å². The van der Waals surface area contributed by atoms with E-state index in [0.29, 0.717) is 11.3 Å². The summed E-state index contributed by atoms with van der Waals surface area (Å²) in [6, 6.07) is 9.90. The van der Waals surface area contributed by atoms with Crippen molar-refractivity contribution in [3.8, 4) is 0 Å². The van der Waals surface area contributed by atoms with Gasteiger partial charge in [-0.3, -0.25) is 14.6 Å². The second-order valence-corrected chi connectivity index (χ2v) is 8.43. The standard InChI is InChI=1S/C22H23BrN4O2/c1-13(28)18-12-25-19-9-4-14(23)11-17(19)21(18)26-15-5-7-16(8-6-15)27-22(29)20-3-2-10-24-20/h2-4,9-12,15-16,24H,5-8H2,1H3,(H,25,26)(H,27,29). The van der Waals surface area contributed by atoms with E-state index in [1.165, 1.54) is 0 Å². The van der Waals surface area contributed by atoms with Crippen LogP contribution in [0.2, 0.25) is 0 Å². The summed E-state index contributed by atoms with van der Waals surface area (Å²) in [5.74, 6) is -0.0657. The first-order valence-electron chi connectivity index (χ1n) is 9.81. The smallest absolute Gasteiger partial charge is 0.267 e. The molecule has 0 aliphatic heterocycles. The minimum atomic E-state index is -0.0600. The monoisotopic (exact) mass is 454 g/mol. The molecule has 0 bridgehead atoms. The van der Waals surface area contributed by atoms with Gasteiger partial charge in [-0.2, -0.15) is 0 Å². The molecule has 1 aliphatic carbocycles. The van der Waals surface area contributed by atoms with Crippen molar-refractivity contribution in [2.45, 2.75) is 44.7 Å². The van der Waals surface area contributed by atoms with Crippen LogP contribution in [0.5, 0.6) is 0 Å². The van der Waals surface area contributed by atoms with Crippen molar-refractivity contribution in [1.82, 2.24) is 15.3 Å². The summed E-state index contributed by atoms with van der Waals surface area (Å²) >= 11 is 3.52. The summed E-state index contributed by atoms with van der Waals surface area (Å²) in [5.41, 5.74) is 2.90. The summed E-state index contributed by atoms with van der Waals surface area (Å²) < 4.78 is 0.950. The first-order valence-corrected chi connectivity index (χ1v) is 10.6. The van der Waals surface area contributed by atoms with Crippen molar-refractivity contribution in [2.75, 3.05) is 5.32 Å². The highest BCUT2D eigenvalue weighted by atomic mass is 79.9. The van der Waals surface area contributed by atoms with Gasteiger partial charge in [-0.1, -0.05) is 15.9 Å². The van der Waals surface area contributed by atoms with E-state index in [1.54, 1.807) is 25.4 Å². The number of halogens is 1. The van der Waals surface area contributed by atoms with Crippen molar-refractivity contribution < 1.29 is 9.59 Å². The number of pyridine rings is 1. The highest BCUT2D eigenvalue weighted by molar-refractivity contribution is 9.10. The molecule has 3 aromatic rings. The van der Waals surface area contributed by atoms with Crippen LogP contribution in [0.1, 0.15) is 53.5 Å². The Kier molecular flexibility index (Phi) is 5.67. The van der Waals surface area contributed by atoms with Gasteiger partial charge in [0, 0.05) is 34.3 Å². The SMILES string of the molecule is CC(=O)c1cnc2ccc(Br)cc2c1NC1CCC(NC(=O)c2ccc[nH]2)CC1. The molecular weight excluding hydrogens is 432 g/mol. The fraction of sp³-hybridized carbons (Fsp3) is 0.318. The number of hydrogen-bond donors (Lipinski definition) is 3. The van der Waals surface area contributed by atoms with Crippen molar-refractivity contribution in [2.24, 2.45) is 0 Å². The molecule has 0 spiro atoms. The van der Waals surface area contributed by atoms with Crippen molar-refractivity contribution in [3.05, 3.63) is 58.5 Å². The van der Waals surface area contributed by atoms with Crippen LogP contribution < -0.4 is 10.6 Å². The number of carbonyl (C=O) groups excluding carboxylic acids is 2. The molecule has 0 unspecified atom stereocenters. The lowest BCUT2D eigenvalue weighted by Gasteiger charge is -2.31. The highest BCUT2D eigenvalue weighted by Gasteiger charge is 2.24. The minimum Gasteiger partial charge on any atom is -0.381 e. The number of ketones is 1. The number of rotatable bonds is 5. The van der Waals surface area contributed by atoms with Crippen LogP contribution in [0, 0.1) is 0 Å². The van der Waals surface area contributed by atoms with E-state index in [-0.39, 0.29) is 23.8 Å². The van der Waals surface area contributed by atoms with E-state index >= 15 is 0 Å². The Bertz CT molecular complexity index is 1040. The number of amides is 1. The van der Waals surface area contributed by atoms with E-state index in [2.05, 4.69) is 36.5 Å². The molecule has 150 valence electrons. The number of nitrogens with one attached hydrogen (secondary N) is 3. The lowest BCUT2D eigenvalue weighted by Crippen LogP contribution is -2.40. The normalized spacial score (nSPS) is 19.1. The first kappa shape index (κ1) is 19.6.